The van der Waals surface area contributed by atoms with E-state index in [2.05, 4.69) is 18.8 Å². The first-order chi connectivity index (χ1) is 7.99. The molecule has 1 aromatic carbocycles. The molecule has 0 fully saturated rings. The monoisotopic (exact) mass is 249 g/mol. The molecule has 88 valence electrons. The summed E-state index contributed by atoms with van der Waals surface area (Å²) in [5.41, 5.74) is 1.91. The van der Waals surface area contributed by atoms with Crippen LogP contribution in [0.5, 0.6) is 0 Å². The number of aromatic nitrogens is 1. The molecule has 0 saturated heterocycles. The zero-order valence-electron chi connectivity index (χ0n) is 9.57. The molecule has 2 aromatic rings. The molecule has 0 aliphatic carbocycles. The number of hydrogen-bond donors (Lipinski definition) is 1. The SMILES string of the molecule is CC(C)c1ccc2nc(Cl)c(C(=O)O)cc2c1. The number of hydrogen-bond acceptors (Lipinski definition) is 2. The number of fused-ring (bicyclic) bond motifs is 1. The first-order valence-corrected chi connectivity index (χ1v) is 5.70. The summed E-state index contributed by atoms with van der Waals surface area (Å²) in [6.45, 7) is 4.17. The van der Waals surface area contributed by atoms with Crippen molar-refractivity contribution >= 4 is 28.5 Å². The van der Waals surface area contributed by atoms with Crippen LogP contribution in [0.1, 0.15) is 35.7 Å². The molecule has 1 aromatic heterocycles. The third kappa shape index (κ3) is 2.24. The van der Waals surface area contributed by atoms with Crippen molar-refractivity contribution < 1.29 is 9.90 Å². The Balaban J connectivity index is 2.68. The molecule has 0 unspecified atom stereocenters. The van der Waals surface area contributed by atoms with Gasteiger partial charge in [0.25, 0.3) is 0 Å². The van der Waals surface area contributed by atoms with Gasteiger partial charge in [-0.2, -0.15) is 0 Å². The van der Waals surface area contributed by atoms with Gasteiger partial charge in [-0.25, -0.2) is 9.78 Å². The van der Waals surface area contributed by atoms with Gasteiger partial charge >= 0.3 is 5.97 Å². The van der Waals surface area contributed by atoms with E-state index in [-0.39, 0.29) is 10.7 Å². The molecule has 0 spiro atoms. The molecule has 1 heterocycles. The Morgan fingerprint density at radius 2 is 2.06 bits per heavy atom. The quantitative estimate of drug-likeness (QED) is 0.826. The fourth-order valence-corrected chi connectivity index (χ4v) is 1.91. The van der Waals surface area contributed by atoms with Crippen LogP contribution < -0.4 is 0 Å². The molecule has 0 atom stereocenters. The molecular formula is C13H12ClNO2. The summed E-state index contributed by atoms with van der Waals surface area (Å²) in [5.74, 6) is -0.664. The van der Waals surface area contributed by atoms with Crippen LogP contribution in [0, 0.1) is 0 Å². The molecule has 0 radical (unpaired) electrons. The van der Waals surface area contributed by atoms with Crippen LogP contribution in [0.4, 0.5) is 0 Å². The minimum Gasteiger partial charge on any atom is -0.478 e. The molecule has 0 aliphatic heterocycles. The van der Waals surface area contributed by atoms with Crippen molar-refractivity contribution in [1.82, 2.24) is 4.98 Å². The van der Waals surface area contributed by atoms with E-state index in [4.69, 9.17) is 16.7 Å². The summed E-state index contributed by atoms with van der Waals surface area (Å²) in [6, 6.07) is 7.37. The van der Waals surface area contributed by atoms with Crippen molar-refractivity contribution in [3.8, 4) is 0 Å². The van der Waals surface area contributed by atoms with Crippen molar-refractivity contribution in [3.05, 3.63) is 40.5 Å². The number of carbonyl (C=O) groups is 1. The molecule has 0 aliphatic rings. The van der Waals surface area contributed by atoms with Gasteiger partial charge in [0.1, 0.15) is 5.15 Å². The Bertz CT molecular complexity index is 593. The molecule has 1 N–H and O–H groups in total. The number of halogens is 1. The summed E-state index contributed by atoms with van der Waals surface area (Å²) in [4.78, 5) is 15.0. The van der Waals surface area contributed by atoms with Crippen LogP contribution in [0.3, 0.4) is 0 Å². The van der Waals surface area contributed by atoms with Gasteiger partial charge in [-0.15, -0.1) is 0 Å². The number of aromatic carboxylic acids is 1. The summed E-state index contributed by atoms with van der Waals surface area (Å²) in [6.07, 6.45) is 0. The van der Waals surface area contributed by atoms with Crippen LogP contribution >= 0.6 is 11.6 Å². The molecule has 4 heteroatoms. The Kier molecular flexibility index (Phi) is 3.03. The second-order valence-electron chi connectivity index (χ2n) is 4.24. The zero-order chi connectivity index (χ0) is 12.6. The fourth-order valence-electron chi connectivity index (χ4n) is 1.68. The zero-order valence-corrected chi connectivity index (χ0v) is 10.3. The predicted octanol–water partition coefficient (Wildman–Crippen LogP) is 3.71. The number of carboxylic acid groups (broad SMARTS) is 1. The first-order valence-electron chi connectivity index (χ1n) is 5.32. The Morgan fingerprint density at radius 1 is 1.35 bits per heavy atom. The van der Waals surface area contributed by atoms with Crippen LogP contribution in [-0.2, 0) is 0 Å². The first kappa shape index (κ1) is 11.9. The van der Waals surface area contributed by atoms with Gasteiger partial charge in [0.2, 0.25) is 0 Å². The fraction of sp³-hybridized carbons (Fsp3) is 0.231. The summed E-state index contributed by atoms with van der Waals surface area (Å²) in [5, 5.41) is 9.81. The third-order valence-corrected chi connectivity index (χ3v) is 2.98. The van der Waals surface area contributed by atoms with Crippen molar-refractivity contribution in [2.24, 2.45) is 0 Å². The van der Waals surface area contributed by atoms with Gasteiger partial charge in [0.15, 0.2) is 0 Å². The highest BCUT2D eigenvalue weighted by Gasteiger charge is 2.12. The maximum Gasteiger partial charge on any atom is 0.338 e. The Labute approximate surface area is 104 Å². The van der Waals surface area contributed by atoms with Gasteiger partial charge in [-0.1, -0.05) is 31.5 Å². The Morgan fingerprint density at radius 3 is 2.65 bits per heavy atom. The molecule has 2 rings (SSSR count). The highest BCUT2D eigenvalue weighted by molar-refractivity contribution is 6.32. The number of pyridine rings is 1. The molecular weight excluding hydrogens is 238 g/mol. The number of benzene rings is 1. The molecule has 0 bridgehead atoms. The lowest BCUT2D eigenvalue weighted by Gasteiger charge is -2.07. The van der Waals surface area contributed by atoms with E-state index in [1.165, 1.54) is 0 Å². The van der Waals surface area contributed by atoms with Gasteiger partial charge in [0.05, 0.1) is 11.1 Å². The molecule has 17 heavy (non-hydrogen) atoms. The van der Waals surface area contributed by atoms with Crippen LogP contribution in [0.25, 0.3) is 10.9 Å². The second-order valence-corrected chi connectivity index (χ2v) is 4.60. The van der Waals surface area contributed by atoms with Crippen molar-refractivity contribution in [2.45, 2.75) is 19.8 Å². The summed E-state index contributed by atoms with van der Waals surface area (Å²) < 4.78 is 0. The lowest BCUT2D eigenvalue weighted by atomic mass is 10.0. The topological polar surface area (TPSA) is 50.2 Å². The summed E-state index contributed by atoms with van der Waals surface area (Å²) in [7, 11) is 0. The van der Waals surface area contributed by atoms with Crippen molar-refractivity contribution in [2.75, 3.05) is 0 Å². The predicted molar refractivity (Wildman–Crippen MR) is 67.8 cm³/mol. The van der Waals surface area contributed by atoms with E-state index in [1.807, 2.05) is 18.2 Å². The maximum atomic E-state index is 11.0. The third-order valence-electron chi connectivity index (χ3n) is 2.69. The lowest BCUT2D eigenvalue weighted by molar-refractivity contribution is 0.0697. The average molecular weight is 250 g/mol. The second kappa shape index (κ2) is 4.34. The summed E-state index contributed by atoms with van der Waals surface area (Å²) >= 11 is 5.81. The highest BCUT2D eigenvalue weighted by Crippen LogP contribution is 2.24. The number of rotatable bonds is 2. The minimum atomic E-state index is -1.06. The van der Waals surface area contributed by atoms with Crippen molar-refractivity contribution in [3.63, 3.8) is 0 Å². The smallest absolute Gasteiger partial charge is 0.338 e. The normalized spacial score (nSPS) is 11.1. The van der Waals surface area contributed by atoms with Crippen LogP contribution in [0.15, 0.2) is 24.3 Å². The van der Waals surface area contributed by atoms with Gasteiger partial charge in [0, 0.05) is 5.39 Å². The van der Waals surface area contributed by atoms with E-state index in [0.29, 0.717) is 11.4 Å². The van der Waals surface area contributed by atoms with E-state index >= 15 is 0 Å². The number of nitrogens with zero attached hydrogens (tertiary/aromatic N) is 1. The molecule has 0 saturated carbocycles. The Hall–Kier alpha value is -1.61. The van der Waals surface area contributed by atoms with E-state index in [1.54, 1.807) is 6.07 Å². The molecule has 3 nitrogen and oxygen atoms in total. The van der Waals surface area contributed by atoms with E-state index < -0.39 is 5.97 Å². The van der Waals surface area contributed by atoms with Crippen LogP contribution in [0.2, 0.25) is 5.15 Å². The van der Waals surface area contributed by atoms with Gasteiger partial charge in [-0.3, -0.25) is 0 Å². The van der Waals surface area contributed by atoms with Gasteiger partial charge < -0.3 is 5.11 Å². The standard InChI is InChI=1S/C13H12ClNO2/c1-7(2)8-3-4-11-9(5-8)6-10(13(16)17)12(14)15-11/h3-7H,1-2H3,(H,16,17). The van der Waals surface area contributed by atoms with E-state index in [9.17, 15) is 4.79 Å². The van der Waals surface area contributed by atoms with Crippen LogP contribution in [-0.4, -0.2) is 16.1 Å². The largest absolute Gasteiger partial charge is 0.478 e. The lowest BCUT2D eigenvalue weighted by Crippen LogP contribution is -1.99. The highest BCUT2D eigenvalue weighted by atomic mass is 35.5. The molecule has 0 amide bonds. The maximum absolute atomic E-state index is 11.0. The van der Waals surface area contributed by atoms with Crippen molar-refractivity contribution in [1.29, 1.82) is 0 Å². The van der Waals surface area contributed by atoms with E-state index in [0.717, 1.165) is 10.9 Å². The number of carboxylic acids is 1. The minimum absolute atomic E-state index is 0.0299. The van der Waals surface area contributed by atoms with Gasteiger partial charge in [-0.05, 0) is 29.7 Å². The average Bonchev–Trinajstić information content (AvgIpc) is 2.27.